The van der Waals surface area contributed by atoms with E-state index in [0.717, 1.165) is 48.9 Å². The third-order valence-electron chi connectivity index (χ3n) is 6.77. The molecule has 0 saturated carbocycles. The second-order valence-electron chi connectivity index (χ2n) is 9.62. The summed E-state index contributed by atoms with van der Waals surface area (Å²) < 4.78 is 10.8. The van der Waals surface area contributed by atoms with Crippen molar-refractivity contribution in [3.05, 3.63) is 65.9 Å². The topological polar surface area (TPSA) is 74.9 Å². The number of methoxy groups -OCH3 is 1. The number of para-hydroxylation sites is 1. The molecular formula is C31H43N3O4. The number of ether oxygens (including phenoxy) is 2. The lowest BCUT2D eigenvalue weighted by Crippen LogP contribution is -2.44. The van der Waals surface area contributed by atoms with Crippen molar-refractivity contribution in [2.45, 2.75) is 58.9 Å². The molecule has 3 aromatic rings. The Morgan fingerprint density at radius 2 is 1.68 bits per heavy atom. The maximum absolute atomic E-state index is 13.7. The molecule has 1 aromatic heterocycles. The molecule has 0 spiro atoms. The molecule has 2 aromatic carbocycles. The Morgan fingerprint density at radius 3 is 2.42 bits per heavy atom. The maximum atomic E-state index is 13.7. The van der Waals surface area contributed by atoms with Gasteiger partial charge in [-0.1, -0.05) is 56.5 Å². The summed E-state index contributed by atoms with van der Waals surface area (Å²) in [6.45, 7) is 6.61. The average Bonchev–Trinajstić information content (AvgIpc) is 3.35. The Bertz CT molecular complexity index is 1130. The molecule has 3 rings (SSSR count). The van der Waals surface area contributed by atoms with Crippen molar-refractivity contribution in [1.29, 1.82) is 0 Å². The summed E-state index contributed by atoms with van der Waals surface area (Å²) in [6.07, 6.45) is 7.32. The van der Waals surface area contributed by atoms with E-state index in [-0.39, 0.29) is 18.4 Å². The molecule has 0 bridgehead atoms. The molecule has 0 saturated heterocycles. The van der Waals surface area contributed by atoms with Crippen molar-refractivity contribution < 1.29 is 19.1 Å². The van der Waals surface area contributed by atoms with Crippen LogP contribution < -0.4 is 4.74 Å². The van der Waals surface area contributed by atoms with Crippen LogP contribution in [-0.4, -0.2) is 66.6 Å². The Hall–Kier alpha value is -3.32. The van der Waals surface area contributed by atoms with Gasteiger partial charge in [-0.05, 0) is 49.1 Å². The summed E-state index contributed by atoms with van der Waals surface area (Å²) in [5.41, 5.74) is 3.29. The number of aromatic nitrogens is 1. The molecule has 0 atom stereocenters. The maximum Gasteiger partial charge on any atom is 0.242 e. The number of carbonyl (C=O) groups excluding carboxylic acids is 2. The van der Waals surface area contributed by atoms with Gasteiger partial charge in [0.1, 0.15) is 5.75 Å². The summed E-state index contributed by atoms with van der Waals surface area (Å²) in [6, 6.07) is 16.1. The van der Waals surface area contributed by atoms with E-state index in [1.807, 2.05) is 54.4 Å². The number of carbonyl (C=O) groups is 2. The number of hydrogen-bond donors (Lipinski definition) is 1. The van der Waals surface area contributed by atoms with Gasteiger partial charge in [0.2, 0.25) is 11.8 Å². The normalized spacial score (nSPS) is 11.0. The number of nitrogens with one attached hydrogen (secondary N) is 1. The average molecular weight is 522 g/mol. The van der Waals surface area contributed by atoms with Crippen LogP contribution in [0.4, 0.5) is 0 Å². The van der Waals surface area contributed by atoms with Crippen LogP contribution in [0.25, 0.3) is 10.9 Å². The summed E-state index contributed by atoms with van der Waals surface area (Å²) in [7, 11) is 1.62. The van der Waals surface area contributed by atoms with E-state index in [4.69, 9.17) is 9.47 Å². The second-order valence-corrected chi connectivity index (χ2v) is 9.62. The predicted molar refractivity (Wildman–Crippen MR) is 152 cm³/mol. The van der Waals surface area contributed by atoms with E-state index >= 15 is 0 Å². The summed E-state index contributed by atoms with van der Waals surface area (Å²) in [5.74, 6) is 0.771. The zero-order valence-corrected chi connectivity index (χ0v) is 23.2. The fraction of sp³-hybridized carbons (Fsp3) is 0.484. The molecule has 1 N–H and O–H groups in total. The SMILES string of the molecule is CCCCCCC(=O)N(CCOC)CC(=O)N(CCc1c[nH]c2ccccc12)Cc1ccc(OCC)cc1. The number of nitrogens with zero attached hydrogens (tertiary/aromatic N) is 2. The molecular weight excluding hydrogens is 478 g/mol. The van der Waals surface area contributed by atoms with Crippen LogP contribution in [0.3, 0.4) is 0 Å². The predicted octanol–water partition coefficient (Wildman–Crippen LogP) is 5.58. The van der Waals surface area contributed by atoms with Crippen LogP contribution in [0.15, 0.2) is 54.7 Å². The summed E-state index contributed by atoms with van der Waals surface area (Å²) >= 11 is 0. The molecule has 206 valence electrons. The molecule has 38 heavy (non-hydrogen) atoms. The standard InChI is InChI=1S/C31H43N3O4/c1-4-6-7-8-13-30(35)34(20-21-37-3)24-31(36)33(23-25-14-16-27(17-15-25)38-5-2)19-18-26-22-32-29-12-10-9-11-28(26)29/h9-12,14-17,22,32H,4-8,13,18-21,23-24H2,1-3H3. The minimum Gasteiger partial charge on any atom is -0.494 e. The van der Waals surface area contributed by atoms with Crippen molar-refractivity contribution in [2.75, 3.05) is 40.0 Å². The van der Waals surface area contributed by atoms with Gasteiger partial charge in [0.15, 0.2) is 0 Å². The van der Waals surface area contributed by atoms with Crippen molar-refractivity contribution in [3.63, 3.8) is 0 Å². The monoisotopic (exact) mass is 521 g/mol. The van der Waals surface area contributed by atoms with Crippen molar-refractivity contribution in [3.8, 4) is 5.75 Å². The number of amides is 2. The van der Waals surface area contributed by atoms with Crippen molar-refractivity contribution in [2.24, 2.45) is 0 Å². The van der Waals surface area contributed by atoms with E-state index < -0.39 is 0 Å². The fourth-order valence-corrected chi connectivity index (χ4v) is 4.58. The zero-order valence-electron chi connectivity index (χ0n) is 23.2. The van der Waals surface area contributed by atoms with E-state index in [9.17, 15) is 9.59 Å². The lowest BCUT2D eigenvalue weighted by molar-refractivity contribution is -0.141. The first-order valence-electron chi connectivity index (χ1n) is 13.9. The van der Waals surface area contributed by atoms with Crippen LogP contribution in [-0.2, 0) is 27.3 Å². The molecule has 0 aliphatic rings. The first-order valence-corrected chi connectivity index (χ1v) is 13.9. The first-order chi connectivity index (χ1) is 18.5. The highest BCUT2D eigenvalue weighted by atomic mass is 16.5. The number of hydrogen-bond acceptors (Lipinski definition) is 4. The minimum atomic E-state index is -0.0586. The van der Waals surface area contributed by atoms with Crippen LogP contribution in [0, 0.1) is 0 Å². The number of benzene rings is 2. The van der Waals surface area contributed by atoms with Gasteiger partial charge in [0.25, 0.3) is 0 Å². The second kappa shape index (κ2) is 15.8. The molecule has 0 aliphatic carbocycles. The van der Waals surface area contributed by atoms with E-state index in [2.05, 4.69) is 24.0 Å². The highest BCUT2D eigenvalue weighted by Gasteiger charge is 2.22. The van der Waals surface area contributed by atoms with Crippen LogP contribution in [0.2, 0.25) is 0 Å². The van der Waals surface area contributed by atoms with Gasteiger partial charge < -0.3 is 24.3 Å². The molecule has 0 fully saturated rings. The molecule has 7 heteroatoms. The molecule has 0 unspecified atom stereocenters. The van der Waals surface area contributed by atoms with Crippen molar-refractivity contribution >= 4 is 22.7 Å². The Labute approximate surface area is 227 Å². The smallest absolute Gasteiger partial charge is 0.242 e. The van der Waals surface area contributed by atoms with Crippen LogP contribution in [0.5, 0.6) is 5.75 Å². The number of rotatable bonds is 17. The molecule has 2 amide bonds. The molecule has 7 nitrogen and oxygen atoms in total. The van der Waals surface area contributed by atoms with Crippen molar-refractivity contribution in [1.82, 2.24) is 14.8 Å². The van der Waals surface area contributed by atoms with Gasteiger partial charge in [-0.15, -0.1) is 0 Å². The highest BCUT2D eigenvalue weighted by molar-refractivity contribution is 5.85. The zero-order chi connectivity index (χ0) is 27.2. The van der Waals surface area contributed by atoms with Crippen LogP contribution >= 0.6 is 0 Å². The quantitative estimate of drug-likeness (QED) is 0.235. The Balaban J connectivity index is 1.73. The number of unbranched alkanes of at least 4 members (excludes halogenated alkanes) is 3. The number of aromatic amines is 1. The third kappa shape index (κ3) is 8.91. The van der Waals surface area contributed by atoms with E-state index in [0.29, 0.717) is 39.3 Å². The Morgan fingerprint density at radius 1 is 0.895 bits per heavy atom. The minimum absolute atomic E-state index is 0.0177. The fourth-order valence-electron chi connectivity index (χ4n) is 4.58. The van der Waals surface area contributed by atoms with Gasteiger partial charge in [0.05, 0.1) is 19.8 Å². The van der Waals surface area contributed by atoms with Gasteiger partial charge in [-0.25, -0.2) is 0 Å². The molecule has 0 radical (unpaired) electrons. The van der Waals surface area contributed by atoms with Gasteiger partial charge >= 0.3 is 0 Å². The third-order valence-corrected chi connectivity index (χ3v) is 6.77. The number of H-pyrrole nitrogens is 1. The van der Waals surface area contributed by atoms with E-state index in [1.165, 1.54) is 10.9 Å². The first kappa shape index (κ1) is 29.2. The molecule has 0 aliphatic heterocycles. The summed E-state index contributed by atoms with van der Waals surface area (Å²) in [4.78, 5) is 33.5. The van der Waals surface area contributed by atoms with Gasteiger partial charge in [-0.3, -0.25) is 9.59 Å². The van der Waals surface area contributed by atoms with Gasteiger partial charge in [-0.2, -0.15) is 0 Å². The largest absolute Gasteiger partial charge is 0.494 e. The Kier molecular flexibility index (Phi) is 12.2. The lowest BCUT2D eigenvalue weighted by Gasteiger charge is -2.28. The highest BCUT2D eigenvalue weighted by Crippen LogP contribution is 2.20. The van der Waals surface area contributed by atoms with Gasteiger partial charge in [0, 0.05) is 50.3 Å². The molecule has 1 heterocycles. The summed E-state index contributed by atoms with van der Waals surface area (Å²) in [5, 5.41) is 1.17. The lowest BCUT2D eigenvalue weighted by atomic mass is 10.1. The number of fused-ring (bicyclic) bond motifs is 1. The van der Waals surface area contributed by atoms with Crippen LogP contribution in [0.1, 0.15) is 57.1 Å². The van der Waals surface area contributed by atoms with E-state index in [1.54, 1.807) is 12.0 Å².